The van der Waals surface area contributed by atoms with Crippen LogP contribution >= 0.6 is 23.4 Å². The highest BCUT2D eigenvalue weighted by atomic mass is 35.5. The molecule has 0 saturated carbocycles. The van der Waals surface area contributed by atoms with E-state index in [1.165, 1.54) is 30.2 Å². The van der Waals surface area contributed by atoms with Crippen molar-refractivity contribution in [2.24, 2.45) is 0 Å². The lowest BCUT2D eigenvalue weighted by molar-refractivity contribution is -0.114. The molecule has 1 heterocycles. The van der Waals surface area contributed by atoms with Gasteiger partial charge in [0.15, 0.2) is 0 Å². The molecule has 0 radical (unpaired) electrons. The number of likely N-dealkylation sites (N-methyl/N-ethyl adjacent to an activating group) is 1. The van der Waals surface area contributed by atoms with Crippen LogP contribution in [0.5, 0.6) is 0 Å². The largest absolute Gasteiger partial charge is 0.352 e. The van der Waals surface area contributed by atoms with Gasteiger partial charge < -0.3 is 10.2 Å². The number of anilines is 1. The SMILES string of the molecule is CN1C(=O)C(=Cc2cccc(Cl)c2)Sc2ccc(C(=O)NCCC3=CCCCC3)cc21. The molecule has 160 valence electrons. The average Bonchev–Trinajstić information content (AvgIpc) is 2.78. The van der Waals surface area contributed by atoms with Crippen molar-refractivity contribution in [2.75, 3.05) is 18.5 Å². The molecule has 1 aliphatic heterocycles. The number of nitrogens with zero attached hydrogens (tertiary/aromatic N) is 1. The summed E-state index contributed by atoms with van der Waals surface area (Å²) in [5, 5.41) is 3.64. The fraction of sp³-hybridized carbons (Fsp3) is 0.280. The van der Waals surface area contributed by atoms with Crippen molar-refractivity contribution in [3.63, 3.8) is 0 Å². The monoisotopic (exact) mass is 452 g/mol. The number of benzene rings is 2. The number of thioether (sulfide) groups is 1. The molecule has 1 N–H and O–H groups in total. The van der Waals surface area contributed by atoms with Gasteiger partial charge in [-0.15, -0.1) is 0 Å². The molecule has 0 aromatic heterocycles. The van der Waals surface area contributed by atoms with Crippen molar-refractivity contribution in [2.45, 2.75) is 37.0 Å². The highest BCUT2D eigenvalue weighted by Crippen LogP contribution is 2.42. The summed E-state index contributed by atoms with van der Waals surface area (Å²) in [5.41, 5.74) is 3.64. The molecule has 2 aromatic carbocycles. The topological polar surface area (TPSA) is 49.4 Å². The Balaban J connectivity index is 1.46. The number of nitrogens with one attached hydrogen (secondary N) is 1. The van der Waals surface area contributed by atoms with Gasteiger partial charge in [0.1, 0.15) is 0 Å². The molecule has 0 fully saturated rings. The van der Waals surface area contributed by atoms with Crippen molar-refractivity contribution in [1.82, 2.24) is 5.32 Å². The van der Waals surface area contributed by atoms with Gasteiger partial charge in [0.05, 0.1) is 10.6 Å². The lowest BCUT2D eigenvalue weighted by Crippen LogP contribution is -2.31. The Bertz CT molecular complexity index is 1080. The van der Waals surface area contributed by atoms with Gasteiger partial charge >= 0.3 is 0 Å². The number of rotatable bonds is 5. The highest BCUT2D eigenvalue weighted by molar-refractivity contribution is 8.04. The maximum atomic E-state index is 12.9. The molecule has 0 saturated heterocycles. The number of amides is 2. The minimum atomic E-state index is -0.106. The van der Waals surface area contributed by atoms with Crippen LogP contribution in [0.3, 0.4) is 0 Å². The van der Waals surface area contributed by atoms with E-state index in [0.717, 1.165) is 35.4 Å². The summed E-state index contributed by atoms with van der Waals surface area (Å²) in [6.45, 7) is 0.637. The molecule has 0 unspecified atom stereocenters. The van der Waals surface area contributed by atoms with Crippen LogP contribution in [0.2, 0.25) is 5.02 Å². The molecule has 4 rings (SSSR count). The fourth-order valence-electron chi connectivity index (χ4n) is 3.85. The van der Waals surface area contributed by atoms with Gasteiger partial charge in [-0.25, -0.2) is 0 Å². The third-order valence-electron chi connectivity index (χ3n) is 5.58. The van der Waals surface area contributed by atoms with Crippen LogP contribution in [0.15, 0.2) is 63.9 Å². The zero-order valence-corrected chi connectivity index (χ0v) is 19.1. The smallest absolute Gasteiger partial charge is 0.264 e. The Kier molecular flexibility index (Phi) is 6.83. The van der Waals surface area contributed by atoms with Crippen molar-refractivity contribution < 1.29 is 9.59 Å². The number of hydrogen-bond acceptors (Lipinski definition) is 3. The minimum Gasteiger partial charge on any atom is -0.352 e. The molecule has 2 aliphatic rings. The van der Waals surface area contributed by atoms with E-state index in [0.29, 0.717) is 22.0 Å². The van der Waals surface area contributed by atoms with Crippen LogP contribution in [0, 0.1) is 0 Å². The Labute approximate surface area is 192 Å². The molecule has 6 heteroatoms. The third-order valence-corrected chi connectivity index (χ3v) is 6.89. The van der Waals surface area contributed by atoms with E-state index < -0.39 is 0 Å². The molecule has 31 heavy (non-hydrogen) atoms. The van der Waals surface area contributed by atoms with E-state index >= 15 is 0 Å². The Hall–Kier alpha value is -2.50. The number of carbonyl (C=O) groups is 2. The Morgan fingerprint density at radius 2 is 2.10 bits per heavy atom. The fourth-order valence-corrected chi connectivity index (χ4v) is 5.14. The molecular formula is C25H25ClN2O2S. The molecule has 4 nitrogen and oxygen atoms in total. The van der Waals surface area contributed by atoms with E-state index in [-0.39, 0.29) is 11.8 Å². The van der Waals surface area contributed by atoms with Gasteiger partial charge in [-0.3, -0.25) is 9.59 Å². The summed E-state index contributed by atoms with van der Waals surface area (Å²) in [7, 11) is 1.74. The molecule has 2 aromatic rings. The molecule has 0 atom stereocenters. The number of fused-ring (bicyclic) bond motifs is 1. The summed E-state index contributed by atoms with van der Waals surface area (Å²) >= 11 is 7.48. The summed E-state index contributed by atoms with van der Waals surface area (Å²) in [6.07, 6.45) is 9.87. The first-order valence-corrected chi connectivity index (χ1v) is 11.7. The predicted octanol–water partition coefficient (Wildman–Crippen LogP) is 6.07. The van der Waals surface area contributed by atoms with E-state index in [1.807, 2.05) is 36.4 Å². The third kappa shape index (κ3) is 5.23. The second-order valence-electron chi connectivity index (χ2n) is 7.83. The molecule has 0 spiro atoms. The van der Waals surface area contributed by atoms with Crippen molar-refractivity contribution in [1.29, 1.82) is 0 Å². The van der Waals surface area contributed by atoms with Gasteiger partial charge in [-0.05, 0) is 74.1 Å². The van der Waals surface area contributed by atoms with Crippen LogP contribution in [0.1, 0.15) is 48.0 Å². The predicted molar refractivity (Wildman–Crippen MR) is 129 cm³/mol. The van der Waals surface area contributed by atoms with Crippen LogP contribution in [-0.2, 0) is 4.79 Å². The van der Waals surface area contributed by atoms with Crippen molar-refractivity contribution >= 4 is 46.9 Å². The van der Waals surface area contributed by atoms with Gasteiger partial charge in [0, 0.05) is 29.1 Å². The van der Waals surface area contributed by atoms with Crippen molar-refractivity contribution in [3.8, 4) is 0 Å². The lowest BCUT2D eigenvalue weighted by Gasteiger charge is -2.27. The normalized spacial score (nSPS) is 17.4. The van der Waals surface area contributed by atoms with Crippen LogP contribution in [0.25, 0.3) is 6.08 Å². The Morgan fingerprint density at radius 1 is 1.23 bits per heavy atom. The van der Waals surface area contributed by atoms with Gasteiger partial charge in [-0.1, -0.05) is 47.1 Å². The van der Waals surface area contributed by atoms with Crippen LogP contribution < -0.4 is 10.2 Å². The number of carbonyl (C=O) groups excluding carboxylic acids is 2. The maximum absolute atomic E-state index is 12.9. The highest BCUT2D eigenvalue weighted by Gasteiger charge is 2.27. The average molecular weight is 453 g/mol. The zero-order chi connectivity index (χ0) is 21.8. The first-order chi connectivity index (χ1) is 15.0. The van der Waals surface area contributed by atoms with E-state index in [1.54, 1.807) is 24.1 Å². The van der Waals surface area contributed by atoms with Crippen molar-refractivity contribution in [3.05, 3.63) is 75.2 Å². The molecule has 1 aliphatic carbocycles. The second-order valence-corrected chi connectivity index (χ2v) is 9.35. The van der Waals surface area contributed by atoms with Crippen LogP contribution in [-0.4, -0.2) is 25.4 Å². The summed E-state index contributed by atoms with van der Waals surface area (Å²) in [5.74, 6) is -0.204. The van der Waals surface area contributed by atoms with E-state index in [9.17, 15) is 9.59 Å². The summed E-state index contributed by atoms with van der Waals surface area (Å²) in [6, 6.07) is 12.9. The van der Waals surface area contributed by atoms with Crippen LogP contribution in [0.4, 0.5) is 5.69 Å². The zero-order valence-electron chi connectivity index (χ0n) is 17.5. The molecular weight excluding hydrogens is 428 g/mol. The number of hydrogen-bond donors (Lipinski definition) is 1. The number of allylic oxidation sites excluding steroid dienone is 1. The van der Waals surface area contributed by atoms with Gasteiger partial charge in [0.2, 0.25) is 0 Å². The molecule has 0 bridgehead atoms. The first-order valence-electron chi connectivity index (χ1n) is 10.5. The quantitative estimate of drug-likeness (QED) is 0.442. The van der Waals surface area contributed by atoms with E-state index in [4.69, 9.17) is 11.6 Å². The maximum Gasteiger partial charge on any atom is 0.264 e. The Morgan fingerprint density at radius 3 is 2.87 bits per heavy atom. The lowest BCUT2D eigenvalue weighted by atomic mass is 9.97. The number of halogens is 1. The summed E-state index contributed by atoms with van der Waals surface area (Å²) < 4.78 is 0. The standard InChI is InChI=1S/C25H25ClN2O2S/c1-28-21-16-19(24(29)27-13-12-17-6-3-2-4-7-17)10-11-22(21)31-23(25(28)30)15-18-8-5-9-20(26)14-18/h5-6,8-11,14-16H,2-4,7,12-13H2,1H3,(H,27,29). The van der Waals surface area contributed by atoms with Gasteiger partial charge in [-0.2, -0.15) is 0 Å². The second kappa shape index (κ2) is 9.75. The molecule has 2 amide bonds. The van der Waals surface area contributed by atoms with E-state index in [2.05, 4.69) is 11.4 Å². The minimum absolute atomic E-state index is 0.0979. The first kappa shape index (κ1) is 21.7. The van der Waals surface area contributed by atoms with Gasteiger partial charge in [0.25, 0.3) is 11.8 Å². The summed E-state index contributed by atoms with van der Waals surface area (Å²) in [4.78, 5) is 28.7.